The van der Waals surface area contributed by atoms with Crippen molar-refractivity contribution in [3.63, 3.8) is 0 Å². The third-order valence-electron chi connectivity index (χ3n) is 1.83. The summed E-state index contributed by atoms with van der Waals surface area (Å²) in [6, 6.07) is 6.34. The number of nitrogens with one attached hydrogen (secondary N) is 1. The van der Waals surface area contributed by atoms with Gasteiger partial charge in [0.2, 0.25) is 0 Å². The Bertz CT molecular complexity index is 385. The van der Waals surface area contributed by atoms with Crippen LogP contribution in [0.25, 0.3) is 0 Å². The lowest BCUT2D eigenvalue weighted by Crippen LogP contribution is -2.23. The van der Waals surface area contributed by atoms with E-state index in [2.05, 4.69) is 5.32 Å². The number of halogens is 3. The van der Waals surface area contributed by atoms with Crippen LogP contribution in [0.5, 0.6) is 0 Å². The predicted octanol–water partition coefficient (Wildman–Crippen LogP) is 3.24. The van der Waals surface area contributed by atoms with Gasteiger partial charge in [-0.25, -0.2) is 0 Å². The molecule has 0 bridgehead atoms. The van der Waals surface area contributed by atoms with E-state index in [-0.39, 0.29) is 18.9 Å². The molecule has 1 aromatic rings. The highest BCUT2D eigenvalue weighted by molar-refractivity contribution is 6.30. The van der Waals surface area contributed by atoms with Crippen molar-refractivity contribution in [2.45, 2.75) is 6.42 Å². The number of carbonyl (C=O) groups is 1. The van der Waals surface area contributed by atoms with Crippen LogP contribution in [-0.4, -0.2) is 12.5 Å². The van der Waals surface area contributed by atoms with Crippen LogP contribution in [0, 0.1) is 0 Å². The standard InChI is InChI=1S/C11H10ClF2NO/c12-9-5-3-8(4-6-9)11(16)15-7-1-2-10(13)14/h2-6H,1,7H2,(H,15,16). The fraction of sp³-hybridized carbons (Fsp3) is 0.182. The van der Waals surface area contributed by atoms with Gasteiger partial charge in [0.05, 0.1) is 0 Å². The zero-order chi connectivity index (χ0) is 12.0. The lowest BCUT2D eigenvalue weighted by molar-refractivity contribution is 0.0954. The van der Waals surface area contributed by atoms with Crippen molar-refractivity contribution < 1.29 is 13.6 Å². The molecule has 0 saturated carbocycles. The molecule has 1 rings (SSSR count). The quantitative estimate of drug-likeness (QED) is 0.811. The summed E-state index contributed by atoms with van der Waals surface area (Å²) in [5.41, 5.74) is 0.453. The van der Waals surface area contributed by atoms with Crippen molar-refractivity contribution in [1.29, 1.82) is 0 Å². The Balaban J connectivity index is 2.41. The third kappa shape index (κ3) is 4.40. The smallest absolute Gasteiger partial charge is 0.266 e. The maximum Gasteiger partial charge on any atom is 0.266 e. The molecule has 0 fully saturated rings. The van der Waals surface area contributed by atoms with Gasteiger partial charge in [0.25, 0.3) is 12.0 Å². The van der Waals surface area contributed by atoms with Gasteiger partial charge in [-0.05, 0) is 36.8 Å². The molecular weight excluding hydrogens is 236 g/mol. The second-order valence-corrected chi connectivity index (χ2v) is 3.48. The summed E-state index contributed by atoms with van der Waals surface area (Å²) in [5.74, 6) is -0.302. The fourth-order valence-corrected chi connectivity index (χ4v) is 1.20. The van der Waals surface area contributed by atoms with Crippen LogP contribution in [0.2, 0.25) is 5.02 Å². The molecule has 2 nitrogen and oxygen atoms in total. The van der Waals surface area contributed by atoms with Gasteiger partial charge >= 0.3 is 0 Å². The molecule has 0 aliphatic rings. The Morgan fingerprint density at radius 2 is 1.94 bits per heavy atom. The molecule has 0 aromatic heterocycles. The predicted molar refractivity (Wildman–Crippen MR) is 58.7 cm³/mol. The molecule has 5 heteroatoms. The number of carbonyl (C=O) groups excluding carboxylic acids is 1. The van der Waals surface area contributed by atoms with E-state index >= 15 is 0 Å². The average molecular weight is 246 g/mol. The van der Waals surface area contributed by atoms with Crippen LogP contribution >= 0.6 is 11.6 Å². The van der Waals surface area contributed by atoms with E-state index < -0.39 is 6.08 Å². The average Bonchev–Trinajstić information content (AvgIpc) is 2.25. The third-order valence-corrected chi connectivity index (χ3v) is 2.09. The summed E-state index contributed by atoms with van der Waals surface area (Å²) < 4.78 is 23.3. The molecule has 0 aliphatic heterocycles. The molecule has 1 aromatic carbocycles. The second kappa shape index (κ2) is 6.23. The van der Waals surface area contributed by atoms with Crippen molar-refractivity contribution in [3.8, 4) is 0 Å². The first-order valence-electron chi connectivity index (χ1n) is 4.64. The SMILES string of the molecule is O=C(NCCC=C(F)F)c1ccc(Cl)cc1. The first-order valence-corrected chi connectivity index (χ1v) is 5.02. The van der Waals surface area contributed by atoms with E-state index in [0.29, 0.717) is 10.6 Å². The molecule has 0 atom stereocenters. The molecule has 1 amide bonds. The van der Waals surface area contributed by atoms with Gasteiger partial charge < -0.3 is 5.32 Å². The first-order chi connectivity index (χ1) is 7.59. The number of hydrogen-bond donors (Lipinski definition) is 1. The molecule has 16 heavy (non-hydrogen) atoms. The number of benzene rings is 1. The Kier molecular flexibility index (Phi) is 4.92. The summed E-state index contributed by atoms with van der Waals surface area (Å²) >= 11 is 5.66. The van der Waals surface area contributed by atoms with Gasteiger partial charge in [-0.15, -0.1) is 0 Å². The van der Waals surface area contributed by atoms with Crippen LogP contribution in [-0.2, 0) is 0 Å². The number of hydrogen-bond acceptors (Lipinski definition) is 1. The minimum Gasteiger partial charge on any atom is -0.352 e. The summed E-state index contributed by atoms with van der Waals surface area (Å²) in [5, 5.41) is 3.05. The molecule has 0 heterocycles. The van der Waals surface area contributed by atoms with Gasteiger partial charge in [0.15, 0.2) is 0 Å². The minimum absolute atomic E-state index is 0.113. The van der Waals surface area contributed by atoms with Crippen LogP contribution in [0.3, 0.4) is 0 Å². The van der Waals surface area contributed by atoms with Crippen LogP contribution in [0.4, 0.5) is 8.78 Å². The van der Waals surface area contributed by atoms with E-state index in [4.69, 9.17) is 11.6 Å². The minimum atomic E-state index is -1.74. The van der Waals surface area contributed by atoms with Crippen LogP contribution in [0.1, 0.15) is 16.8 Å². The lowest BCUT2D eigenvalue weighted by atomic mass is 10.2. The number of amides is 1. The summed E-state index contributed by atoms with van der Waals surface area (Å²) in [6.07, 6.45) is -0.857. The van der Waals surface area contributed by atoms with E-state index in [9.17, 15) is 13.6 Å². The second-order valence-electron chi connectivity index (χ2n) is 3.05. The van der Waals surface area contributed by atoms with Gasteiger partial charge in [0, 0.05) is 17.1 Å². The molecule has 0 saturated heterocycles. The molecule has 0 unspecified atom stereocenters. The van der Waals surface area contributed by atoms with E-state index in [0.717, 1.165) is 6.08 Å². The maximum absolute atomic E-state index is 11.7. The summed E-state index contributed by atoms with van der Waals surface area (Å²) in [4.78, 5) is 11.4. The van der Waals surface area contributed by atoms with Crippen molar-refractivity contribution >= 4 is 17.5 Å². The lowest BCUT2D eigenvalue weighted by Gasteiger charge is -2.03. The molecular formula is C11H10ClF2NO. The molecule has 86 valence electrons. The highest BCUT2D eigenvalue weighted by Gasteiger charge is 2.03. The van der Waals surface area contributed by atoms with Gasteiger partial charge in [-0.2, -0.15) is 8.78 Å². The molecule has 1 N–H and O–H groups in total. The van der Waals surface area contributed by atoms with Crippen molar-refractivity contribution in [3.05, 3.63) is 47.0 Å². The molecule has 0 spiro atoms. The van der Waals surface area contributed by atoms with Gasteiger partial charge in [-0.1, -0.05) is 11.6 Å². The van der Waals surface area contributed by atoms with E-state index in [1.54, 1.807) is 24.3 Å². The normalized spacial score (nSPS) is 9.69. The first kappa shape index (κ1) is 12.6. The summed E-state index contributed by atoms with van der Waals surface area (Å²) in [7, 11) is 0. The highest BCUT2D eigenvalue weighted by Crippen LogP contribution is 2.09. The van der Waals surface area contributed by atoms with Crippen molar-refractivity contribution in [2.75, 3.05) is 6.54 Å². The zero-order valence-corrected chi connectivity index (χ0v) is 9.10. The van der Waals surface area contributed by atoms with E-state index in [1.165, 1.54) is 0 Å². The molecule has 0 radical (unpaired) electrons. The topological polar surface area (TPSA) is 29.1 Å². The Morgan fingerprint density at radius 1 is 1.31 bits per heavy atom. The Morgan fingerprint density at radius 3 is 2.50 bits per heavy atom. The van der Waals surface area contributed by atoms with E-state index in [1.807, 2.05) is 0 Å². The largest absolute Gasteiger partial charge is 0.352 e. The fourth-order valence-electron chi connectivity index (χ4n) is 1.07. The monoisotopic (exact) mass is 245 g/mol. The van der Waals surface area contributed by atoms with Crippen molar-refractivity contribution in [1.82, 2.24) is 5.32 Å². The summed E-state index contributed by atoms with van der Waals surface area (Å²) in [6.45, 7) is 0.179. The Hall–Kier alpha value is -1.42. The van der Waals surface area contributed by atoms with Crippen molar-refractivity contribution in [2.24, 2.45) is 0 Å². The van der Waals surface area contributed by atoms with Crippen LogP contribution in [0.15, 0.2) is 36.4 Å². The maximum atomic E-state index is 11.7. The zero-order valence-electron chi connectivity index (χ0n) is 8.34. The highest BCUT2D eigenvalue weighted by atomic mass is 35.5. The Labute approximate surface area is 96.9 Å². The van der Waals surface area contributed by atoms with Crippen LogP contribution < -0.4 is 5.32 Å². The number of rotatable bonds is 4. The molecule has 0 aliphatic carbocycles. The van der Waals surface area contributed by atoms with Gasteiger partial charge in [-0.3, -0.25) is 4.79 Å². The van der Waals surface area contributed by atoms with Gasteiger partial charge in [0.1, 0.15) is 0 Å².